The van der Waals surface area contributed by atoms with Crippen molar-refractivity contribution in [1.82, 2.24) is 20.1 Å². The van der Waals surface area contributed by atoms with E-state index in [-0.39, 0.29) is 18.6 Å². The molecule has 0 fully saturated rings. The van der Waals surface area contributed by atoms with Crippen molar-refractivity contribution in [2.75, 3.05) is 6.61 Å². The van der Waals surface area contributed by atoms with Crippen LogP contribution in [0.4, 0.5) is 0 Å². The fourth-order valence-electron chi connectivity index (χ4n) is 3.35. The van der Waals surface area contributed by atoms with Gasteiger partial charge in [-0.15, -0.1) is 10.2 Å². The number of carbonyl (C=O) groups excluding carboxylic acids is 1. The molecule has 0 unspecified atom stereocenters. The Bertz CT molecular complexity index is 773. The van der Waals surface area contributed by atoms with Crippen molar-refractivity contribution in [3.8, 4) is 11.5 Å². The summed E-state index contributed by atoms with van der Waals surface area (Å²) in [6.45, 7) is 3.04. The highest BCUT2D eigenvalue weighted by Gasteiger charge is 2.29. The first-order chi connectivity index (χ1) is 12.2. The lowest BCUT2D eigenvalue weighted by Gasteiger charge is -2.26. The monoisotopic (exact) mass is 342 g/mol. The molecule has 2 aromatic rings. The summed E-state index contributed by atoms with van der Waals surface area (Å²) >= 11 is 0. The van der Waals surface area contributed by atoms with Gasteiger partial charge in [0.15, 0.2) is 17.3 Å². The molecule has 1 N–H and O–H groups in total. The van der Waals surface area contributed by atoms with E-state index in [2.05, 4.69) is 20.1 Å². The van der Waals surface area contributed by atoms with Gasteiger partial charge in [0.1, 0.15) is 12.4 Å². The highest BCUT2D eigenvalue weighted by Crippen LogP contribution is 2.31. The molecule has 7 nitrogen and oxygen atoms in total. The normalized spacial score (nSPS) is 20.3. The van der Waals surface area contributed by atoms with E-state index in [1.54, 1.807) is 6.07 Å². The molecule has 2 atom stereocenters. The number of nitrogens with zero attached hydrogens (tertiary/aromatic N) is 3. The minimum atomic E-state index is -0.663. The third-order valence-electron chi connectivity index (χ3n) is 4.69. The largest absolute Gasteiger partial charge is 0.485 e. The fraction of sp³-hybridized carbons (Fsp3) is 0.500. The molecule has 1 amide bonds. The summed E-state index contributed by atoms with van der Waals surface area (Å²) in [5, 5.41) is 11.6. The van der Waals surface area contributed by atoms with Crippen LogP contribution in [0.2, 0.25) is 0 Å². The quantitative estimate of drug-likeness (QED) is 0.923. The number of aryl methyl sites for hydroxylation is 1. The van der Waals surface area contributed by atoms with Gasteiger partial charge in [0.05, 0.1) is 6.04 Å². The number of carbonyl (C=O) groups is 1. The van der Waals surface area contributed by atoms with E-state index in [1.807, 2.05) is 25.1 Å². The zero-order valence-electron chi connectivity index (χ0n) is 14.3. The van der Waals surface area contributed by atoms with E-state index < -0.39 is 6.10 Å². The minimum Gasteiger partial charge on any atom is -0.485 e. The van der Waals surface area contributed by atoms with Gasteiger partial charge >= 0.3 is 0 Å². The van der Waals surface area contributed by atoms with Gasteiger partial charge in [-0.05, 0) is 31.9 Å². The maximum Gasteiger partial charge on any atom is 0.265 e. The van der Waals surface area contributed by atoms with Crippen LogP contribution in [0.1, 0.15) is 43.9 Å². The van der Waals surface area contributed by atoms with E-state index in [0.29, 0.717) is 11.5 Å². The van der Waals surface area contributed by atoms with Gasteiger partial charge in [0.25, 0.3) is 5.91 Å². The van der Waals surface area contributed by atoms with Gasteiger partial charge in [-0.3, -0.25) is 4.79 Å². The van der Waals surface area contributed by atoms with Gasteiger partial charge in [-0.1, -0.05) is 18.6 Å². The molecule has 25 heavy (non-hydrogen) atoms. The van der Waals surface area contributed by atoms with E-state index in [0.717, 1.165) is 37.5 Å². The number of hydrogen-bond acceptors (Lipinski definition) is 5. The van der Waals surface area contributed by atoms with Crippen molar-refractivity contribution >= 4 is 5.91 Å². The zero-order chi connectivity index (χ0) is 17.2. The Morgan fingerprint density at radius 1 is 1.24 bits per heavy atom. The summed E-state index contributed by atoms with van der Waals surface area (Å²) in [7, 11) is 0. The van der Waals surface area contributed by atoms with Crippen LogP contribution in [0, 0.1) is 0 Å². The molecular formula is C18H22N4O3. The Hall–Kier alpha value is -2.57. The Kier molecular flexibility index (Phi) is 4.29. The topological polar surface area (TPSA) is 78.3 Å². The number of ether oxygens (including phenoxy) is 2. The summed E-state index contributed by atoms with van der Waals surface area (Å²) in [5.74, 6) is 2.88. The molecule has 1 aromatic carbocycles. The highest BCUT2D eigenvalue weighted by atomic mass is 16.6. The lowest BCUT2D eigenvalue weighted by atomic mass is 10.2. The summed E-state index contributed by atoms with van der Waals surface area (Å²) < 4.78 is 13.5. The van der Waals surface area contributed by atoms with Crippen molar-refractivity contribution < 1.29 is 14.3 Å². The van der Waals surface area contributed by atoms with E-state index in [1.165, 1.54) is 6.42 Å². The molecule has 0 aliphatic carbocycles. The van der Waals surface area contributed by atoms with Crippen molar-refractivity contribution in [1.29, 1.82) is 0 Å². The van der Waals surface area contributed by atoms with Gasteiger partial charge in [0, 0.05) is 13.0 Å². The van der Waals surface area contributed by atoms with Crippen LogP contribution in [-0.4, -0.2) is 33.4 Å². The number of para-hydroxylation sites is 2. The van der Waals surface area contributed by atoms with Crippen LogP contribution in [0.5, 0.6) is 11.5 Å². The predicted octanol–water partition coefficient (Wildman–Crippen LogP) is 2.02. The standard InChI is InChI=1S/C18H22N4O3/c1-12(17-21-20-16-9-3-2-6-10-22(16)17)19-18(23)15-11-24-13-7-4-5-8-14(13)25-15/h4-5,7-8,12,15H,2-3,6,9-11H2,1H3,(H,19,23)/t12-,15-/m1/s1. The number of fused-ring (bicyclic) bond motifs is 2. The number of benzene rings is 1. The van der Waals surface area contributed by atoms with Crippen LogP contribution in [0.3, 0.4) is 0 Å². The Morgan fingerprint density at radius 2 is 2.08 bits per heavy atom. The number of nitrogens with one attached hydrogen (secondary N) is 1. The molecule has 0 radical (unpaired) electrons. The maximum absolute atomic E-state index is 12.6. The van der Waals surface area contributed by atoms with E-state index >= 15 is 0 Å². The SMILES string of the molecule is C[C@@H](NC(=O)[C@H]1COc2ccccc2O1)c1nnc2n1CCCCC2. The number of rotatable bonds is 3. The molecule has 4 rings (SSSR count). The molecule has 1 aromatic heterocycles. The van der Waals surface area contributed by atoms with Crippen LogP contribution in [0.25, 0.3) is 0 Å². The van der Waals surface area contributed by atoms with Gasteiger partial charge in [-0.25, -0.2) is 0 Å². The summed E-state index contributed by atoms with van der Waals surface area (Å²) in [4.78, 5) is 12.6. The van der Waals surface area contributed by atoms with Gasteiger partial charge < -0.3 is 19.4 Å². The Balaban J connectivity index is 1.44. The molecule has 7 heteroatoms. The average molecular weight is 342 g/mol. The van der Waals surface area contributed by atoms with Crippen molar-refractivity contribution in [3.05, 3.63) is 35.9 Å². The third-order valence-corrected chi connectivity index (χ3v) is 4.69. The van der Waals surface area contributed by atoms with Crippen molar-refractivity contribution in [2.24, 2.45) is 0 Å². The summed E-state index contributed by atoms with van der Waals surface area (Å²) in [6.07, 6.45) is 3.75. The summed E-state index contributed by atoms with van der Waals surface area (Å²) in [5.41, 5.74) is 0. The molecular weight excluding hydrogens is 320 g/mol. The molecule has 0 spiro atoms. The molecule has 2 aliphatic rings. The first kappa shape index (κ1) is 15.9. The minimum absolute atomic E-state index is 0.201. The summed E-state index contributed by atoms with van der Waals surface area (Å²) in [6, 6.07) is 7.14. The van der Waals surface area contributed by atoms with Gasteiger partial charge in [0.2, 0.25) is 6.10 Å². The first-order valence-electron chi connectivity index (χ1n) is 8.83. The first-order valence-corrected chi connectivity index (χ1v) is 8.83. The second kappa shape index (κ2) is 6.74. The highest BCUT2D eigenvalue weighted by molar-refractivity contribution is 5.82. The van der Waals surface area contributed by atoms with Crippen molar-refractivity contribution in [2.45, 2.75) is 51.3 Å². The van der Waals surface area contributed by atoms with Crippen LogP contribution in [-0.2, 0) is 17.8 Å². The molecule has 132 valence electrons. The number of aromatic nitrogens is 3. The average Bonchev–Trinajstić information content (AvgIpc) is 2.90. The molecule has 3 heterocycles. The van der Waals surface area contributed by atoms with E-state index in [4.69, 9.17) is 9.47 Å². The predicted molar refractivity (Wildman–Crippen MR) is 90.5 cm³/mol. The van der Waals surface area contributed by atoms with Crippen LogP contribution >= 0.6 is 0 Å². The maximum atomic E-state index is 12.6. The van der Waals surface area contributed by atoms with Crippen LogP contribution < -0.4 is 14.8 Å². The lowest BCUT2D eigenvalue weighted by molar-refractivity contribution is -0.131. The fourth-order valence-corrected chi connectivity index (χ4v) is 3.35. The zero-order valence-corrected chi connectivity index (χ0v) is 14.3. The number of hydrogen-bond donors (Lipinski definition) is 1. The second-order valence-corrected chi connectivity index (χ2v) is 6.53. The van der Waals surface area contributed by atoms with E-state index in [9.17, 15) is 4.79 Å². The molecule has 2 aliphatic heterocycles. The molecule has 0 saturated carbocycles. The van der Waals surface area contributed by atoms with Gasteiger partial charge in [-0.2, -0.15) is 0 Å². The smallest absolute Gasteiger partial charge is 0.265 e. The Morgan fingerprint density at radius 3 is 2.96 bits per heavy atom. The second-order valence-electron chi connectivity index (χ2n) is 6.53. The molecule has 0 bridgehead atoms. The Labute approximate surface area is 146 Å². The molecule has 0 saturated heterocycles. The number of amides is 1. The van der Waals surface area contributed by atoms with Crippen molar-refractivity contribution in [3.63, 3.8) is 0 Å². The third kappa shape index (κ3) is 3.18. The van der Waals surface area contributed by atoms with Crippen LogP contribution in [0.15, 0.2) is 24.3 Å². The lowest BCUT2D eigenvalue weighted by Crippen LogP contribution is -2.45.